The third kappa shape index (κ3) is 2.72. The first-order valence-corrected chi connectivity index (χ1v) is 7.92. The monoisotopic (exact) mass is 302 g/mol. The third-order valence-corrected chi connectivity index (χ3v) is 4.70. The van der Waals surface area contributed by atoms with Crippen molar-refractivity contribution >= 4 is 11.9 Å². The molecule has 2 aliphatic heterocycles. The Bertz CT molecular complexity index is 571. The van der Waals surface area contributed by atoms with Gasteiger partial charge in [-0.2, -0.15) is 0 Å². The number of aromatic nitrogens is 1. The maximum atomic E-state index is 13.0. The molecule has 2 saturated heterocycles. The Kier molecular flexibility index (Phi) is 3.89. The first-order valence-electron chi connectivity index (χ1n) is 7.92. The van der Waals surface area contributed by atoms with Crippen LogP contribution in [0.2, 0.25) is 0 Å². The summed E-state index contributed by atoms with van der Waals surface area (Å²) in [6.07, 6.45) is 4.95. The maximum absolute atomic E-state index is 13.0. The van der Waals surface area contributed by atoms with E-state index < -0.39 is 11.5 Å². The summed E-state index contributed by atoms with van der Waals surface area (Å²) in [5.41, 5.74) is 0.207. The molecule has 3 rings (SSSR count). The zero-order chi connectivity index (χ0) is 15.7. The second kappa shape index (κ2) is 5.71. The van der Waals surface area contributed by atoms with Crippen molar-refractivity contribution in [2.45, 2.75) is 51.2 Å². The number of amides is 1. The average molecular weight is 302 g/mol. The van der Waals surface area contributed by atoms with Gasteiger partial charge in [0.2, 0.25) is 5.91 Å². The van der Waals surface area contributed by atoms with Gasteiger partial charge in [0.05, 0.1) is 24.1 Å². The second-order valence-corrected chi connectivity index (χ2v) is 6.63. The molecule has 0 unspecified atom stereocenters. The zero-order valence-electron chi connectivity index (χ0n) is 13.1. The molecule has 22 heavy (non-hydrogen) atoms. The predicted molar refractivity (Wildman–Crippen MR) is 80.8 cm³/mol. The van der Waals surface area contributed by atoms with Gasteiger partial charge < -0.3 is 9.64 Å². The number of carbonyl (C=O) groups is 2. The Hall–Kier alpha value is -1.91. The van der Waals surface area contributed by atoms with Crippen molar-refractivity contribution in [2.24, 2.45) is 5.92 Å². The van der Waals surface area contributed by atoms with E-state index in [9.17, 15) is 9.59 Å². The number of nitrogens with zero attached hydrogens (tertiary/aromatic N) is 2. The molecule has 118 valence electrons. The Labute approximate surface area is 130 Å². The van der Waals surface area contributed by atoms with Gasteiger partial charge in [-0.1, -0.05) is 6.07 Å². The van der Waals surface area contributed by atoms with Gasteiger partial charge in [0.1, 0.15) is 5.60 Å². The molecule has 1 aromatic rings. The van der Waals surface area contributed by atoms with E-state index >= 15 is 0 Å². The van der Waals surface area contributed by atoms with Gasteiger partial charge in [-0.05, 0) is 45.2 Å². The highest BCUT2D eigenvalue weighted by molar-refractivity contribution is 5.88. The van der Waals surface area contributed by atoms with Crippen LogP contribution >= 0.6 is 0 Å². The van der Waals surface area contributed by atoms with Crippen LogP contribution in [0.15, 0.2) is 24.4 Å². The van der Waals surface area contributed by atoms with Crippen LogP contribution in [-0.2, 0) is 14.3 Å². The second-order valence-electron chi connectivity index (χ2n) is 6.63. The highest BCUT2D eigenvalue weighted by Gasteiger charge is 2.48. The van der Waals surface area contributed by atoms with Crippen molar-refractivity contribution in [1.29, 1.82) is 0 Å². The molecule has 2 atom stereocenters. The van der Waals surface area contributed by atoms with Gasteiger partial charge in [-0.3, -0.25) is 14.6 Å². The van der Waals surface area contributed by atoms with Crippen LogP contribution in [0.1, 0.15) is 51.3 Å². The predicted octanol–water partition coefficient (Wildman–Crippen LogP) is 2.48. The molecule has 0 radical (unpaired) electrons. The van der Waals surface area contributed by atoms with E-state index in [0.717, 1.165) is 31.5 Å². The van der Waals surface area contributed by atoms with Crippen molar-refractivity contribution in [2.75, 3.05) is 6.54 Å². The lowest BCUT2D eigenvalue weighted by atomic mass is 9.87. The number of piperidine rings is 1. The number of cyclic esters (lactones) is 1. The first kappa shape index (κ1) is 15.0. The van der Waals surface area contributed by atoms with Crippen LogP contribution in [0.25, 0.3) is 0 Å². The highest BCUT2D eigenvalue weighted by atomic mass is 16.6. The molecule has 2 aliphatic rings. The third-order valence-electron chi connectivity index (χ3n) is 4.70. The fourth-order valence-electron chi connectivity index (χ4n) is 3.48. The topological polar surface area (TPSA) is 59.5 Å². The van der Waals surface area contributed by atoms with Crippen molar-refractivity contribution in [3.8, 4) is 0 Å². The quantitative estimate of drug-likeness (QED) is 0.788. The molecule has 0 bridgehead atoms. The van der Waals surface area contributed by atoms with Gasteiger partial charge in [0.15, 0.2) is 0 Å². The number of hydrogen-bond acceptors (Lipinski definition) is 4. The minimum Gasteiger partial charge on any atom is -0.459 e. The Morgan fingerprint density at radius 2 is 2.18 bits per heavy atom. The van der Waals surface area contributed by atoms with Crippen molar-refractivity contribution in [3.05, 3.63) is 30.1 Å². The van der Waals surface area contributed by atoms with Gasteiger partial charge in [-0.15, -0.1) is 0 Å². The zero-order valence-corrected chi connectivity index (χ0v) is 13.1. The van der Waals surface area contributed by atoms with E-state index in [1.165, 1.54) is 0 Å². The number of rotatable bonds is 2. The standard InChI is InChI=1S/C17H22N2O3/c1-17(2)12(11-15(20)22-17)16(21)19-10-6-4-8-14(19)13-7-3-5-9-18-13/h3,5,7,9,12,14H,4,6,8,10-11H2,1-2H3/t12-,14+/m1/s1. The summed E-state index contributed by atoms with van der Waals surface area (Å²) in [7, 11) is 0. The smallest absolute Gasteiger partial charge is 0.307 e. The van der Waals surface area contributed by atoms with Crippen LogP contribution < -0.4 is 0 Å². The van der Waals surface area contributed by atoms with Crippen LogP contribution in [0.4, 0.5) is 0 Å². The number of esters is 1. The number of ether oxygens (including phenoxy) is 1. The van der Waals surface area contributed by atoms with Crippen LogP contribution in [0.5, 0.6) is 0 Å². The fraction of sp³-hybridized carbons (Fsp3) is 0.588. The van der Waals surface area contributed by atoms with E-state index in [2.05, 4.69) is 4.98 Å². The van der Waals surface area contributed by atoms with Gasteiger partial charge in [0.25, 0.3) is 0 Å². The lowest BCUT2D eigenvalue weighted by molar-refractivity contribution is -0.150. The first-order chi connectivity index (χ1) is 10.5. The molecule has 5 heteroatoms. The summed E-state index contributed by atoms with van der Waals surface area (Å²) in [5.74, 6) is -0.662. The van der Waals surface area contributed by atoms with Gasteiger partial charge >= 0.3 is 5.97 Å². The largest absolute Gasteiger partial charge is 0.459 e. The normalized spacial score (nSPS) is 27.5. The molecule has 0 spiro atoms. The molecular weight excluding hydrogens is 280 g/mol. The summed E-state index contributed by atoms with van der Waals surface area (Å²) in [5, 5.41) is 0. The number of pyridine rings is 1. The number of hydrogen-bond donors (Lipinski definition) is 0. The molecule has 0 aromatic carbocycles. The van der Waals surface area contributed by atoms with Crippen molar-refractivity contribution in [3.63, 3.8) is 0 Å². The fourth-order valence-corrected chi connectivity index (χ4v) is 3.48. The summed E-state index contributed by atoms with van der Waals surface area (Å²) in [6, 6.07) is 5.81. The van der Waals surface area contributed by atoms with Gasteiger partial charge in [-0.25, -0.2) is 0 Å². The maximum Gasteiger partial charge on any atom is 0.307 e. The van der Waals surface area contributed by atoms with Crippen molar-refractivity contribution < 1.29 is 14.3 Å². The summed E-state index contributed by atoms with van der Waals surface area (Å²) >= 11 is 0. The Balaban J connectivity index is 1.85. The minimum atomic E-state index is -0.722. The molecular formula is C17H22N2O3. The van der Waals surface area contributed by atoms with E-state index in [1.807, 2.05) is 36.9 Å². The molecule has 0 N–H and O–H groups in total. The molecule has 1 amide bonds. The summed E-state index contributed by atoms with van der Waals surface area (Å²) < 4.78 is 5.31. The van der Waals surface area contributed by atoms with E-state index in [4.69, 9.17) is 4.74 Å². The molecule has 1 aromatic heterocycles. The lowest BCUT2D eigenvalue weighted by Crippen LogP contribution is -2.46. The van der Waals surface area contributed by atoms with Crippen LogP contribution in [0.3, 0.4) is 0 Å². The lowest BCUT2D eigenvalue weighted by Gasteiger charge is -2.38. The van der Waals surface area contributed by atoms with Crippen LogP contribution in [-0.4, -0.2) is 33.9 Å². The Morgan fingerprint density at radius 3 is 2.82 bits per heavy atom. The van der Waals surface area contributed by atoms with E-state index in [1.54, 1.807) is 6.20 Å². The molecule has 5 nitrogen and oxygen atoms in total. The molecule has 3 heterocycles. The van der Waals surface area contributed by atoms with Crippen molar-refractivity contribution in [1.82, 2.24) is 9.88 Å². The van der Waals surface area contributed by atoms with Gasteiger partial charge in [0, 0.05) is 12.7 Å². The molecule has 0 saturated carbocycles. The van der Waals surface area contributed by atoms with E-state index in [-0.39, 0.29) is 24.3 Å². The van der Waals surface area contributed by atoms with Crippen LogP contribution in [0, 0.1) is 5.92 Å². The number of carbonyl (C=O) groups excluding carboxylic acids is 2. The number of likely N-dealkylation sites (tertiary alicyclic amines) is 1. The molecule has 2 fully saturated rings. The highest BCUT2D eigenvalue weighted by Crippen LogP contribution is 2.38. The average Bonchev–Trinajstić information content (AvgIpc) is 2.80. The molecule has 0 aliphatic carbocycles. The summed E-state index contributed by atoms with van der Waals surface area (Å²) in [6.45, 7) is 4.36. The SMILES string of the molecule is CC1(C)OC(=O)C[C@@H]1C(=O)N1CCCC[C@H]1c1ccccn1. The van der Waals surface area contributed by atoms with E-state index in [0.29, 0.717) is 0 Å². The Morgan fingerprint density at radius 1 is 1.36 bits per heavy atom. The minimum absolute atomic E-state index is 0.00829. The summed E-state index contributed by atoms with van der Waals surface area (Å²) in [4.78, 5) is 30.9.